The summed E-state index contributed by atoms with van der Waals surface area (Å²) in [4.78, 5) is 46.3. The number of carbonyl (C=O) groups is 3. The number of benzene rings is 1. The molecule has 6 rings (SSSR count). The minimum Gasteiger partial charge on any atom is -0.490 e. The lowest BCUT2D eigenvalue weighted by molar-refractivity contribution is -0.161. The predicted molar refractivity (Wildman–Crippen MR) is 193 cm³/mol. The van der Waals surface area contributed by atoms with Crippen molar-refractivity contribution in [3.63, 3.8) is 0 Å². The summed E-state index contributed by atoms with van der Waals surface area (Å²) in [5, 5.41) is 10.6. The highest BCUT2D eigenvalue weighted by atomic mass is 32.1. The Bertz CT molecular complexity index is 1900. The minimum atomic E-state index is -4.89. The van der Waals surface area contributed by atoms with Crippen molar-refractivity contribution in [2.24, 2.45) is 11.7 Å². The Kier molecular flexibility index (Phi) is 12.0. The number of thiophene rings is 1. The number of ether oxygens (including phenoxy) is 2. The lowest BCUT2D eigenvalue weighted by Crippen LogP contribution is -2.68. The van der Waals surface area contributed by atoms with Gasteiger partial charge in [-0.25, -0.2) is 0 Å². The molecule has 4 atom stereocenters. The molecular weight excluding hydrogens is 767 g/mol. The first-order valence-corrected chi connectivity index (χ1v) is 19.6. The Hall–Kier alpha value is -4.38. The molecule has 2 amide bonds. The summed E-state index contributed by atoms with van der Waals surface area (Å²) in [7, 11) is 0. The van der Waals surface area contributed by atoms with Gasteiger partial charge in [-0.15, -0.1) is 11.3 Å². The number of alkyl halides is 6. The molecule has 3 aromatic rings. The van der Waals surface area contributed by atoms with Crippen molar-refractivity contribution in [3.05, 3.63) is 75.7 Å². The fourth-order valence-corrected chi connectivity index (χ4v) is 9.23. The lowest BCUT2D eigenvalue weighted by Gasteiger charge is -2.51. The van der Waals surface area contributed by atoms with Crippen LogP contribution in [0, 0.1) is 5.92 Å². The summed E-state index contributed by atoms with van der Waals surface area (Å²) in [6.07, 6.45) is -5.38. The van der Waals surface area contributed by atoms with Gasteiger partial charge in [0.15, 0.2) is 0 Å². The maximum atomic E-state index is 15.1. The molecular formula is C39H44F6N4O6S. The predicted octanol–water partition coefficient (Wildman–Crippen LogP) is 7.55. The van der Waals surface area contributed by atoms with Crippen molar-refractivity contribution in [1.82, 2.24) is 14.8 Å². The van der Waals surface area contributed by atoms with Crippen molar-refractivity contribution in [2.75, 3.05) is 26.2 Å². The van der Waals surface area contributed by atoms with Gasteiger partial charge in [0.05, 0.1) is 29.2 Å². The Labute approximate surface area is 324 Å². The molecule has 0 spiro atoms. The average molecular weight is 811 g/mol. The van der Waals surface area contributed by atoms with Crippen molar-refractivity contribution >= 4 is 29.1 Å². The molecule has 17 heteroatoms. The molecule has 1 aromatic carbocycles. The van der Waals surface area contributed by atoms with E-state index in [1.165, 1.54) is 4.90 Å². The molecule has 3 aliphatic rings. The fourth-order valence-electron chi connectivity index (χ4n) is 8.55. The maximum absolute atomic E-state index is 15.1. The number of aromatic nitrogens is 1. The van der Waals surface area contributed by atoms with Crippen LogP contribution in [0.2, 0.25) is 0 Å². The molecule has 2 aromatic heterocycles. The molecule has 0 bridgehead atoms. The fraction of sp³-hybridized carbons (Fsp3) is 0.538. The van der Waals surface area contributed by atoms with Crippen molar-refractivity contribution in [2.45, 2.75) is 100 Å². The van der Waals surface area contributed by atoms with Gasteiger partial charge in [0.25, 0.3) is 11.8 Å². The van der Waals surface area contributed by atoms with Crippen LogP contribution in [-0.2, 0) is 27.4 Å². The highest BCUT2D eigenvalue weighted by Crippen LogP contribution is 2.45. The van der Waals surface area contributed by atoms with E-state index in [2.05, 4.69) is 4.98 Å². The largest absolute Gasteiger partial charge is 0.490 e. The zero-order valence-electron chi connectivity index (χ0n) is 30.7. The summed E-state index contributed by atoms with van der Waals surface area (Å²) in [6, 6.07) is 7.72. The molecule has 304 valence electrons. The van der Waals surface area contributed by atoms with Crippen molar-refractivity contribution < 1.29 is 55.3 Å². The van der Waals surface area contributed by atoms with Crippen LogP contribution >= 0.6 is 11.3 Å². The Morgan fingerprint density at radius 3 is 2.38 bits per heavy atom. The number of carboxylic acid groups (broad SMARTS) is 1. The summed E-state index contributed by atoms with van der Waals surface area (Å²) in [5.41, 5.74) is 2.77. The number of carbonyl (C=O) groups excluding carboxylic acids is 2. The van der Waals surface area contributed by atoms with Crippen LogP contribution in [0.5, 0.6) is 11.5 Å². The number of pyridine rings is 1. The Morgan fingerprint density at radius 2 is 1.75 bits per heavy atom. The lowest BCUT2D eigenvalue weighted by atomic mass is 9.71. The first-order valence-electron chi connectivity index (χ1n) is 18.7. The van der Waals surface area contributed by atoms with E-state index in [1.807, 2.05) is 24.3 Å². The van der Waals surface area contributed by atoms with Crippen LogP contribution in [0.3, 0.4) is 0 Å². The van der Waals surface area contributed by atoms with Crippen LogP contribution < -0.4 is 15.2 Å². The number of likely N-dealkylation sites (tertiary alicyclic amines) is 2. The number of rotatable bonds is 11. The van der Waals surface area contributed by atoms with Gasteiger partial charge in [-0.2, -0.15) is 26.3 Å². The third-order valence-corrected chi connectivity index (χ3v) is 12.4. The number of para-hydroxylation sites is 1. The van der Waals surface area contributed by atoms with Gasteiger partial charge >= 0.3 is 18.3 Å². The van der Waals surface area contributed by atoms with Gasteiger partial charge < -0.3 is 30.1 Å². The Balaban J connectivity index is 1.33. The molecule has 3 N–H and O–H groups in total. The summed E-state index contributed by atoms with van der Waals surface area (Å²) < 4.78 is 96.3. The normalized spacial score (nSPS) is 24.2. The van der Waals surface area contributed by atoms with Crippen LogP contribution in [0.4, 0.5) is 26.3 Å². The highest BCUT2D eigenvalue weighted by Gasteiger charge is 2.56. The molecule has 0 radical (unpaired) electrons. The molecule has 4 heterocycles. The third-order valence-electron chi connectivity index (χ3n) is 11.4. The van der Waals surface area contributed by atoms with E-state index in [1.54, 1.807) is 11.8 Å². The van der Waals surface area contributed by atoms with Gasteiger partial charge in [-0.3, -0.25) is 19.4 Å². The molecule has 2 saturated heterocycles. The summed E-state index contributed by atoms with van der Waals surface area (Å²) in [5.74, 6) is -2.62. The van der Waals surface area contributed by atoms with Crippen LogP contribution in [0.15, 0.2) is 54.2 Å². The van der Waals surface area contributed by atoms with E-state index in [9.17, 15) is 41.0 Å². The first kappa shape index (κ1) is 41.3. The van der Waals surface area contributed by atoms with E-state index in [0.717, 1.165) is 29.4 Å². The topological polar surface area (TPSA) is 135 Å². The number of hydrogen-bond donors (Lipinski definition) is 2. The van der Waals surface area contributed by atoms with Gasteiger partial charge in [-0.05, 0) is 57.1 Å². The minimum absolute atomic E-state index is 0.00935. The van der Waals surface area contributed by atoms with E-state index >= 15 is 4.79 Å². The first-order chi connectivity index (χ1) is 26.5. The molecule has 2 aliphatic heterocycles. The monoisotopic (exact) mass is 810 g/mol. The van der Waals surface area contributed by atoms with Gasteiger partial charge in [-0.1, -0.05) is 31.5 Å². The standard InChI is InChI=1S/C39H44F6N4O6S/c1-2-6-31-37(55-26-20-32(56-22-26)39(43,44)45,12-5-16-49(31)33(50)27-21-47-15-11-28(27)38(40,41)42)35(53)48-17-13-36(23-46,14-18-48)29-7-3-4-8-30(29)54-25-10-9-24(19-25)34(51)52/h3-4,7-8,11,15,20-22,24-25,31H,2,5-6,9-10,12-14,16-19,23,46H2,1H3,(H,51,52). The van der Waals surface area contributed by atoms with E-state index in [0.29, 0.717) is 61.7 Å². The molecule has 1 saturated carbocycles. The van der Waals surface area contributed by atoms with Crippen molar-refractivity contribution in [3.8, 4) is 11.5 Å². The SMILES string of the molecule is CCCC1N(C(=O)c2cnccc2C(F)(F)F)CCCC1(Oc1csc(C(F)(F)F)c1)C(=O)N1CCC(CN)(c2ccccc2OC2CCC(C(=O)O)C2)CC1. The second kappa shape index (κ2) is 16.2. The zero-order valence-corrected chi connectivity index (χ0v) is 31.5. The average Bonchev–Trinajstić information content (AvgIpc) is 3.85. The third kappa shape index (κ3) is 8.20. The zero-order chi connectivity index (χ0) is 40.5. The number of carboxylic acids is 1. The van der Waals surface area contributed by atoms with Gasteiger partial charge in [0.1, 0.15) is 16.4 Å². The molecule has 56 heavy (non-hydrogen) atoms. The smallest absolute Gasteiger partial charge is 0.425 e. The second-order valence-corrected chi connectivity index (χ2v) is 15.7. The van der Waals surface area contributed by atoms with Crippen LogP contribution in [0.1, 0.15) is 91.1 Å². The van der Waals surface area contributed by atoms with E-state index in [-0.39, 0.29) is 57.3 Å². The highest BCUT2D eigenvalue weighted by molar-refractivity contribution is 7.10. The van der Waals surface area contributed by atoms with E-state index < -0.39 is 69.1 Å². The second-order valence-electron chi connectivity index (χ2n) is 14.8. The number of halogens is 6. The number of piperidine rings is 2. The van der Waals surface area contributed by atoms with E-state index in [4.69, 9.17) is 15.2 Å². The molecule has 10 nitrogen and oxygen atoms in total. The van der Waals surface area contributed by atoms with Crippen LogP contribution in [0.25, 0.3) is 0 Å². The summed E-state index contributed by atoms with van der Waals surface area (Å²) in [6.45, 7) is 2.22. The Morgan fingerprint density at radius 1 is 1.02 bits per heavy atom. The van der Waals surface area contributed by atoms with Gasteiger partial charge in [0, 0.05) is 67.4 Å². The summed E-state index contributed by atoms with van der Waals surface area (Å²) >= 11 is 0.385. The quantitative estimate of drug-likeness (QED) is 0.190. The van der Waals surface area contributed by atoms with Gasteiger partial charge in [0.2, 0.25) is 5.60 Å². The number of aliphatic carboxylic acids is 1. The number of amides is 2. The number of nitrogens with zero attached hydrogens (tertiary/aromatic N) is 3. The van der Waals surface area contributed by atoms with Crippen molar-refractivity contribution in [1.29, 1.82) is 0 Å². The molecule has 1 aliphatic carbocycles. The molecule has 4 unspecified atom stereocenters. The molecule has 3 fully saturated rings. The maximum Gasteiger partial charge on any atom is 0.425 e. The van der Waals surface area contributed by atoms with Crippen LogP contribution in [-0.4, -0.2) is 81.6 Å². The number of nitrogens with two attached hydrogens (primary N) is 1. The number of hydrogen-bond acceptors (Lipinski definition) is 8.